The highest BCUT2D eigenvalue weighted by Crippen LogP contribution is 2.18. The number of nitro groups is 1. The molecule has 0 spiro atoms. The minimum Gasteiger partial charge on any atom is -0.386 e. The average molecular weight is 279 g/mol. The molecule has 0 bridgehead atoms. The van der Waals surface area contributed by atoms with E-state index in [2.05, 4.69) is 25.2 Å². The van der Waals surface area contributed by atoms with E-state index in [0.29, 0.717) is 0 Å². The van der Waals surface area contributed by atoms with Crippen LogP contribution in [-0.4, -0.2) is 27.3 Å². The van der Waals surface area contributed by atoms with Gasteiger partial charge in [-0.1, -0.05) is 12.1 Å². The average Bonchev–Trinajstić information content (AvgIpc) is 2.39. The number of esters is 2. The van der Waals surface area contributed by atoms with Crippen LogP contribution < -0.4 is 5.48 Å². The van der Waals surface area contributed by atoms with E-state index in [4.69, 9.17) is 0 Å². The molecule has 0 heterocycles. The number of hydroxylamine groups is 1. The number of rotatable bonds is 5. The summed E-state index contributed by atoms with van der Waals surface area (Å²) in [5.41, 5.74) is 1.39. The number of carbonyl (C=O) groups excluding carboxylic acids is 2. The Kier molecular flexibility index (Phi) is 5.38. The number of nitro benzene ring substituents is 1. The first-order chi connectivity index (χ1) is 9.06. The van der Waals surface area contributed by atoms with Crippen LogP contribution in [0.3, 0.4) is 0 Å². The van der Waals surface area contributed by atoms with Gasteiger partial charge in [-0.05, 0) is 6.07 Å². The van der Waals surface area contributed by atoms with Gasteiger partial charge in [-0.15, -0.1) is 0 Å². The Labute approximate surface area is 110 Å². The summed E-state index contributed by atoms with van der Waals surface area (Å²) in [5.74, 6) is -2.11. The first kappa shape index (κ1) is 14.5. The van der Waals surface area contributed by atoms with Crippen LogP contribution in [0.15, 0.2) is 36.5 Å². The second-order valence-electron chi connectivity index (χ2n) is 3.04. The lowest BCUT2D eigenvalue weighted by atomic mass is 10.2. The summed E-state index contributed by atoms with van der Waals surface area (Å²) < 4.78 is 8.61. The predicted octanol–water partition coefficient (Wildman–Crippen LogP) is 0.397. The zero-order valence-electron chi connectivity index (χ0n) is 9.36. The lowest BCUT2D eigenvalue weighted by molar-refractivity contribution is -0.385. The summed E-state index contributed by atoms with van der Waals surface area (Å²) in [6.45, 7) is 0. The fourth-order valence-electron chi connectivity index (χ4n) is 1.12. The van der Waals surface area contributed by atoms with Gasteiger partial charge in [-0.3, -0.25) is 15.6 Å². The van der Waals surface area contributed by atoms with E-state index in [1.165, 1.54) is 18.2 Å². The normalized spacial score (nSPS) is 10.2. The topological polar surface area (TPSA) is 108 Å². The number of para-hydroxylation sites is 1. The maximum atomic E-state index is 11.6. The maximum absolute atomic E-state index is 11.6. The molecule has 19 heavy (non-hydrogen) atoms. The largest absolute Gasteiger partial charge is 0.386 e. The standard InChI is InChI=1S/C10H7N2O6Si/c13-9(5-6-11-18-19)17-10(14)7-3-1-2-4-8(7)12(15)16/h1-6,11H. The van der Waals surface area contributed by atoms with Crippen molar-refractivity contribution in [2.24, 2.45) is 0 Å². The van der Waals surface area contributed by atoms with Crippen LogP contribution in [0.25, 0.3) is 0 Å². The molecular weight excluding hydrogens is 272 g/mol. The molecule has 0 atom stereocenters. The van der Waals surface area contributed by atoms with Crippen molar-refractivity contribution in [2.75, 3.05) is 0 Å². The number of carbonyl (C=O) groups is 2. The van der Waals surface area contributed by atoms with Crippen molar-refractivity contribution in [3.63, 3.8) is 0 Å². The molecule has 0 aliphatic heterocycles. The molecule has 0 saturated carbocycles. The van der Waals surface area contributed by atoms with E-state index < -0.39 is 22.5 Å². The molecule has 97 valence electrons. The third kappa shape index (κ3) is 4.33. The molecule has 0 aliphatic rings. The van der Waals surface area contributed by atoms with Crippen LogP contribution in [0, 0.1) is 10.1 Å². The van der Waals surface area contributed by atoms with Gasteiger partial charge in [-0.2, -0.15) is 0 Å². The molecule has 0 aromatic heterocycles. The fourth-order valence-corrected chi connectivity index (χ4v) is 1.19. The molecule has 1 aromatic carbocycles. The monoisotopic (exact) mass is 279 g/mol. The van der Waals surface area contributed by atoms with E-state index in [-0.39, 0.29) is 5.56 Å². The number of ether oxygens (including phenoxy) is 1. The number of nitrogens with zero attached hydrogens (tertiary/aromatic N) is 1. The molecule has 8 nitrogen and oxygen atoms in total. The van der Waals surface area contributed by atoms with Gasteiger partial charge in [0.1, 0.15) is 5.56 Å². The molecule has 1 rings (SSSR count). The molecule has 0 amide bonds. The van der Waals surface area contributed by atoms with Crippen molar-refractivity contribution in [3.05, 3.63) is 52.2 Å². The van der Waals surface area contributed by atoms with Crippen molar-refractivity contribution in [1.29, 1.82) is 0 Å². The minimum absolute atomic E-state index is 0.307. The highest BCUT2D eigenvalue weighted by atomic mass is 28.2. The molecule has 3 radical (unpaired) electrons. The summed E-state index contributed by atoms with van der Waals surface area (Å²) in [6, 6.07) is 5.14. The smallest absolute Gasteiger partial charge is 0.353 e. The van der Waals surface area contributed by atoms with E-state index in [1.807, 2.05) is 0 Å². The molecule has 0 saturated heterocycles. The van der Waals surface area contributed by atoms with Gasteiger partial charge >= 0.3 is 11.9 Å². The second-order valence-corrected chi connectivity index (χ2v) is 3.24. The summed E-state index contributed by atoms with van der Waals surface area (Å²) >= 11 is 0. The van der Waals surface area contributed by atoms with Crippen molar-refractivity contribution in [1.82, 2.24) is 5.48 Å². The Bertz CT molecular complexity index is 531. The summed E-state index contributed by atoms with van der Waals surface area (Å²) in [6.07, 6.45) is 1.93. The zero-order valence-corrected chi connectivity index (χ0v) is 10.4. The molecule has 9 heteroatoms. The molecule has 1 N–H and O–H groups in total. The summed E-state index contributed by atoms with van der Waals surface area (Å²) in [7, 11) is 2.60. The molecule has 0 aliphatic carbocycles. The Morgan fingerprint density at radius 3 is 2.68 bits per heavy atom. The zero-order chi connectivity index (χ0) is 14.3. The maximum Gasteiger partial charge on any atom is 0.353 e. The van der Waals surface area contributed by atoms with E-state index in [1.54, 1.807) is 0 Å². The number of hydrogen-bond donors (Lipinski definition) is 1. The van der Waals surface area contributed by atoms with E-state index in [0.717, 1.165) is 18.3 Å². The van der Waals surface area contributed by atoms with Crippen molar-refractivity contribution >= 4 is 28.1 Å². The first-order valence-electron chi connectivity index (χ1n) is 4.80. The number of benzene rings is 1. The van der Waals surface area contributed by atoms with E-state index >= 15 is 0 Å². The van der Waals surface area contributed by atoms with Gasteiger partial charge < -0.3 is 9.26 Å². The highest BCUT2D eigenvalue weighted by molar-refractivity contribution is 6.02. The molecule has 0 fully saturated rings. The lowest BCUT2D eigenvalue weighted by Crippen LogP contribution is -2.13. The van der Waals surface area contributed by atoms with Gasteiger partial charge in [0.15, 0.2) is 0 Å². The van der Waals surface area contributed by atoms with Crippen LogP contribution in [0.5, 0.6) is 0 Å². The molecule has 0 unspecified atom stereocenters. The third-order valence-corrected chi connectivity index (χ3v) is 1.98. The van der Waals surface area contributed by atoms with Crippen LogP contribution in [0.1, 0.15) is 10.4 Å². The van der Waals surface area contributed by atoms with Gasteiger partial charge in [0.05, 0.1) is 4.92 Å². The molecule has 1 aromatic rings. The lowest BCUT2D eigenvalue weighted by Gasteiger charge is -2.01. The SMILES string of the molecule is O=C(C=CNO[Si])OC(=O)c1ccccc1[N+](=O)[O-]. The first-order valence-corrected chi connectivity index (χ1v) is 5.21. The Balaban J connectivity index is 2.79. The minimum atomic E-state index is -1.11. The van der Waals surface area contributed by atoms with Crippen LogP contribution in [-0.2, 0) is 14.1 Å². The Morgan fingerprint density at radius 2 is 2.05 bits per heavy atom. The van der Waals surface area contributed by atoms with Crippen molar-refractivity contribution in [2.45, 2.75) is 0 Å². The quantitative estimate of drug-likeness (QED) is 0.207. The highest BCUT2D eigenvalue weighted by Gasteiger charge is 2.21. The van der Waals surface area contributed by atoms with Gasteiger partial charge in [-0.25, -0.2) is 9.59 Å². The predicted molar refractivity (Wildman–Crippen MR) is 62.6 cm³/mol. The van der Waals surface area contributed by atoms with E-state index in [9.17, 15) is 19.7 Å². The van der Waals surface area contributed by atoms with Gasteiger partial charge in [0.2, 0.25) is 0 Å². The Hall–Kier alpha value is -2.52. The van der Waals surface area contributed by atoms with Crippen LogP contribution >= 0.6 is 0 Å². The van der Waals surface area contributed by atoms with Gasteiger partial charge in [0, 0.05) is 18.3 Å². The van der Waals surface area contributed by atoms with Crippen LogP contribution in [0.2, 0.25) is 0 Å². The van der Waals surface area contributed by atoms with Crippen molar-refractivity contribution < 1.29 is 23.8 Å². The summed E-state index contributed by atoms with van der Waals surface area (Å²) in [5, 5.41) is 10.7. The van der Waals surface area contributed by atoms with Gasteiger partial charge in [0.25, 0.3) is 16.2 Å². The molecular formula is C10H7N2O6Si. The second kappa shape index (κ2) is 7.03. The van der Waals surface area contributed by atoms with Crippen LogP contribution in [0.4, 0.5) is 5.69 Å². The third-order valence-electron chi connectivity index (χ3n) is 1.86. The Morgan fingerprint density at radius 1 is 1.37 bits per heavy atom. The number of nitrogens with one attached hydrogen (secondary N) is 1. The number of hydrogen-bond acceptors (Lipinski definition) is 7. The van der Waals surface area contributed by atoms with Crippen molar-refractivity contribution in [3.8, 4) is 0 Å². The fraction of sp³-hybridized carbons (Fsp3) is 0. The summed E-state index contributed by atoms with van der Waals surface area (Å²) in [4.78, 5) is 32.7.